The molecule has 0 heterocycles. The molecular formula is C17H19BrFNO. The third-order valence-corrected chi connectivity index (χ3v) is 3.74. The van der Waals surface area contributed by atoms with Crippen LogP contribution in [0.4, 0.5) is 4.39 Å². The molecule has 4 heteroatoms. The van der Waals surface area contributed by atoms with Crippen LogP contribution in [0.15, 0.2) is 46.9 Å². The molecule has 1 atom stereocenters. The number of nitrogens with one attached hydrogen (secondary N) is 1. The predicted octanol–water partition coefficient (Wildman–Crippen LogP) is 4.84. The zero-order valence-corrected chi connectivity index (χ0v) is 13.8. The molecule has 112 valence electrons. The molecule has 2 nitrogen and oxygen atoms in total. The minimum Gasteiger partial charge on any atom is -0.489 e. The lowest BCUT2D eigenvalue weighted by molar-refractivity contribution is 0.304. The van der Waals surface area contributed by atoms with Crippen LogP contribution in [-0.4, -0.2) is 6.54 Å². The third-order valence-electron chi connectivity index (χ3n) is 3.24. The lowest BCUT2D eigenvalue weighted by atomic mass is 10.1. The largest absolute Gasteiger partial charge is 0.489 e. The zero-order chi connectivity index (χ0) is 15.2. The van der Waals surface area contributed by atoms with E-state index in [2.05, 4.69) is 21.2 Å². The normalized spacial score (nSPS) is 12.2. The molecule has 0 aromatic heterocycles. The van der Waals surface area contributed by atoms with Crippen molar-refractivity contribution in [1.82, 2.24) is 5.32 Å². The van der Waals surface area contributed by atoms with Crippen LogP contribution in [0.5, 0.6) is 5.75 Å². The van der Waals surface area contributed by atoms with Crippen molar-refractivity contribution in [3.63, 3.8) is 0 Å². The third kappa shape index (κ3) is 4.55. The van der Waals surface area contributed by atoms with Crippen LogP contribution in [0.3, 0.4) is 0 Å². The van der Waals surface area contributed by atoms with Crippen molar-refractivity contribution in [3.05, 3.63) is 63.9 Å². The molecule has 0 aliphatic heterocycles. The van der Waals surface area contributed by atoms with Crippen molar-refractivity contribution in [1.29, 1.82) is 0 Å². The number of halogens is 2. The smallest absolute Gasteiger partial charge is 0.131 e. The van der Waals surface area contributed by atoms with Crippen molar-refractivity contribution in [2.45, 2.75) is 26.5 Å². The standard InChI is InChI=1S/C17H19BrFNO/c1-3-20-12(2)16-8-7-15(10-17(16)19)21-11-13-5-4-6-14(18)9-13/h4-10,12,20H,3,11H2,1-2H3. The highest BCUT2D eigenvalue weighted by Crippen LogP contribution is 2.23. The first-order chi connectivity index (χ1) is 10.1. The lowest BCUT2D eigenvalue weighted by Gasteiger charge is -2.15. The van der Waals surface area contributed by atoms with E-state index in [4.69, 9.17) is 4.74 Å². The molecule has 2 aromatic carbocycles. The lowest BCUT2D eigenvalue weighted by Crippen LogP contribution is -2.18. The van der Waals surface area contributed by atoms with Gasteiger partial charge >= 0.3 is 0 Å². The van der Waals surface area contributed by atoms with Gasteiger partial charge in [0.15, 0.2) is 0 Å². The van der Waals surface area contributed by atoms with Crippen molar-refractivity contribution >= 4 is 15.9 Å². The first-order valence-electron chi connectivity index (χ1n) is 7.00. The summed E-state index contributed by atoms with van der Waals surface area (Å²) in [6.45, 7) is 5.18. The number of ether oxygens (including phenoxy) is 1. The van der Waals surface area contributed by atoms with Crippen LogP contribution in [0, 0.1) is 5.82 Å². The van der Waals surface area contributed by atoms with Crippen molar-refractivity contribution in [2.75, 3.05) is 6.54 Å². The summed E-state index contributed by atoms with van der Waals surface area (Å²) >= 11 is 3.42. The Bertz CT molecular complexity index is 603. The number of hydrogen-bond donors (Lipinski definition) is 1. The Morgan fingerprint density at radius 1 is 1.24 bits per heavy atom. The van der Waals surface area contributed by atoms with Crippen molar-refractivity contribution in [2.24, 2.45) is 0 Å². The Labute approximate surface area is 133 Å². The second-order valence-electron chi connectivity index (χ2n) is 4.88. The molecule has 0 saturated carbocycles. The van der Waals surface area contributed by atoms with Gasteiger partial charge < -0.3 is 10.1 Å². The topological polar surface area (TPSA) is 21.3 Å². The van der Waals surface area contributed by atoms with Gasteiger partial charge in [-0.25, -0.2) is 4.39 Å². The second-order valence-corrected chi connectivity index (χ2v) is 5.80. The molecule has 0 spiro atoms. The zero-order valence-electron chi connectivity index (χ0n) is 12.2. The number of benzene rings is 2. The van der Waals surface area contributed by atoms with Gasteiger partial charge in [-0.3, -0.25) is 0 Å². The van der Waals surface area contributed by atoms with E-state index in [1.54, 1.807) is 6.07 Å². The van der Waals surface area contributed by atoms with Gasteiger partial charge in [0.25, 0.3) is 0 Å². The molecule has 0 aliphatic rings. The van der Waals surface area contributed by atoms with Gasteiger partial charge in [0.05, 0.1) is 0 Å². The van der Waals surface area contributed by atoms with Gasteiger partial charge in [-0.05, 0) is 37.2 Å². The summed E-state index contributed by atoms with van der Waals surface area (Å²) in [4.78, 5) is 0. The van der Waals surface area contributed by atoms with Gasteiger partial charge in [-0.15, -0.1) is 0 Å². The minimum atomic E-state index is -0.241. The molecule has 0 amide bonds. The highest BCUT2D eigenvalue weighted by molar-refractivity contribution is 9.10. The Balaban J connectivity index is 2.03. The molecule has 2 rings (SSSR count). The fourth-order valence-electron chi connectivity index (χ4n) is 2.16. The summed E-state index contributed by atoms with van der Waals surface area (Å²) in [5.41, 5.74) is 1.70. The molecule has 0 saturated heterocycles. The summed E-state index contributed by atoms with van der Waals surface area (Å²) in [5, 5.41) is 3.20. The minimum absolute atomic E-state index is 0.00544. The van der Waals surface area contributed by atoms with E-state index in [1.807, 2.05) is 44.2 Å². The van der Waals surface area contributed by atoms with Gasteiger partial charge in [0, 0.05) is 22.1 Å². The highest BCUT2D eigenvalue weighted by atomic mass is 79.9. The first-order valence-corrected chi connectivity index (χ1v) is 7.79. The summed E-state index contributed by atoms with van der Waals surface area (Å²) < 4.78 is 20.7. The van der Waals surface area contributed by atoms with Crippen LogP contribution in [0.25, 0.3) is 0 Å². The Hall–Kier alpha value is -1.39. The average molecular weight is 352 g/mol. The van der Waals surface area contributed by atoms with E-state index >= 15 is 0 Å². The second kappa shape index (κ2) is 7.57. The molecule has 0 radical (unpaired) electrons. The van der Waals surface area contributed by atoms with E-state index in [1.165, 1.54) is 6.07 Å². The average Bonchev–Trinajstić information content (AvgIpc) is 2.45. The molecule has 21 heavy (non-hydrogen) atoms. The van der Waals surface area contributed by atoms with Gasteiger partial charge in [0.2, 0.25) is 0 Å². The highest BCUT2D eigenvalue weighted by Gasteiger charge is 2.10. The summed E-state index contributed by atoms with van der Waals surface area (Å²) in [6, 6.07) is 12.9. The molecule has 2 aromatic rings. The molecular weight excluding hydrogens is 333 g/mol. The maximum Gasteiger partial charge on any atom is 0.131 e. The number of rotatable bonds is 6. The Kier molecular flexibility index (Phi) is 5.76. The summed E-state index contributed by atoms with van der Waals surface area (Å²) in [7, 11) is 0. The molecule has 1 N–H and O–H groups in total. The van der Waals surface area contributed by atoms with E-state index in [-0.39, 0.29) is 11.9 Å². The summed E-state index contributed by atoms with van der Waals surface area (Å²) in [5.74, 6) is 0.301. The SMILES string of the molecule is CCNC(C)c1ccc(OCc2cccc(Br)c2)cc1F. The van der Waals surface area contributed by atoms with E-state index in [0.717, 1.165) is 16.6 Å². The fraction of sp³-hybridized carbons (Fsp3) is 0.294. The van der Waals surface area contributed by atoms with Crippen LogP contribution in [0.1, 0.15) is 31.0 Å². The van der Waals surface area contributed by atoms with Crippen LogP contribution >= 0.6 is 15.9 Å². The first kappa shape index (κ1) is 16.0. The van der Waals surface area contributed by atoms with Crippen LogP contribution in [0.2, 0.25) is 0 Å². The van der Waals surface area contributed by atoms with Crippen molar-refractivity contribution in [3.8, 4) is 5.75 Å². The molecule has 0 bridgehead atoms. The summed E-state index contributed by atoms with van der Waals surface area (Å²) in [6.07, 6.45) is 0. The van der Waals surface area contributed by atoms with Crippen molar-refractivity contribution < 1.29 is 9.13 Å². The molecule has 0 aliphatic carbocycles. The quantitative estimate of drug-likeness (QED) is 0.803. The maximum atomic E-state index is 14.1. The van der Waals surface area contributed by atoms with E-state index in [9.17, 15) is 4.39 Å². The Morgan fingerprint density at radius 2 is 2.05 bits per heavy atom. The molecule has 0 fully saturated rings. The van der Waals surface area contributed by atoms with Crippen LogP contribution < -0.4 is 10.1 Å². The number of hydrogen-bond acceptors (Lipinski definition) is 2. The van der Waals surface area contributed by atoms with Gasteiger partial charge in [-0.2, -0.15) is 0 Å². The van der Waals surface area contributed by atoms with E-state index in [0.29, 0.717) is 17.9 Å². The Morgan fingerprint density at radius 3 is 2.71 bits per heavy atom. The molecule has 1 unspecified atom stereocenters. The van der Waals surface area contributed by atoms with Gasteiger partial charge in [-0.1, -0.05) is 41.1 Å². The fourth-order valence-corrected chi connectivity index (χ4v) is 2.61. The monoisotopic (exact) mass is 351 g/mol. The van der Waals surface area contributed by atoms with E-state index < -0.39 is 0 Å². The maximum absolute atomic E-state index is 14.1. The van der Waals surface area contributed by atoms with Crippen LogP contribution in [-0.2, 0) is 6.61 Å². The predicted molar refractivity (Wildman–Crippen MR) is 87.0 cm³/mol. The van der Waals surface area contributed by atoms with Gasteiger partial charge in [0.1, 0.15) is 18.2 Å².